The van der Waals surface area contributed by atoms with Crippen LogP contribution < -0.4 is 0 Å². The number of nitrogens with zero attached hydrogens (tertiary/aromatic N) is 2. The van der Waals surface area contributed by atoms with Crippen molar-refractivity contribution in [3.8, 4) is 0 Å². The lowest BCUT2D eigenvalue weighted by atomic mass is 10.1. The molecule has 0 aromatic rings. The van der Waals surface area contributed by atoms with Crippen molar-refractivity contribution in [3.63, 3.8) is 0 Å². The van der Waals surface area contributed by atoms with E-state index < -0.39 is 0 Å². The molecular weight excluding hydrogens is 280 g/mol. The molecule has 0 saturated heterocycles. The zero-order valence-electron chi connectivity index (χ0n) is 14.9. The van der Waals surface area contributed by atoms with Crippen LogP contribution in [0.2, 0.25) is 0 Å². The summed E-state index contributed by atoms with van der Waals surface area (Å²) in [7, 11) is 3.43. The van der Waals surface area contributed by atoms with E-state index in [2.05, 4.69) is 18.0 Å². The highest BCUT2D eigenvalue weighted by atomic mass is 16.5. The minimum absolute atomic E-state index is 0.100. The summed E-state index contributed by atoms with van der Waals surface area (Å²) < 4.78 is 10.3. The van der Waals surface area contributed by atoms with Crippen molar-refractivity contribution in [3.05, 3.63) is 23.8 Å². The normalized spacial score (nSPS) is 16.3. The predicted octanol–water partition coefficient (Wildman–Crippen LogP) is 3.07. The number of hydrogen-bond donors (Lipinski definition) is 0. The van der Waals surface area contributed by atoms with Crippen LogP contribution in [0, 0.1) is 0 Å². The third-order valence-corrected chi connectivity index (χ3v) is 2.63. The SMILES string of the molecule is CC.CC/C=C(\C=C/COC)C1CN=CO1.CCN(C)C=O. The predicted molar refractivity (Wildman–Crippen MR) is 93.3 cm³/mol. The first-order valence-electron chi connectivity index (χ1n) is 7.84. The molecular formula is C17H32N2O3. The molecule has 128 valence electrons. The van der Waals surface area contributed by atoms with Crippen LogP contribution >= 0.6 is 0 Å². The van der Waals surface area contributed by atoms with Gasteiger partial charge >= 0.3 is 0 Å². The van der Waals surface area contributed by atoms with Gasteiger partial charge in [0.05, 0.1) is 13.2 Å². The van der Waals surface area contributed by atoms with Crippen LogP contribution in [0.25, 0.3) is 0 Å². The van der Waals surface area contributed by atoms with Gasteiger partial charge in [0.2, 0.25) is 6.41 Å². The smallest absolute Gasteiger partial charge is 0.209 e. The standard InChI is InChI=1S/C11H17NO2.C4H9NO.C2H6/c1-3-5-10(6-4-7-13-2)11-8-12-9-14-11;1-3-5(2)4-6;1-2/h4-6,9,11H,3,7-8H2,1-2H3;4H,3H2,1-2H3;1-2H3/b6-4-,10-5+;;. The van der Waals surface area contributed by atoms with Crippen LogP contribution in [-0.4, -0.2) is 57.7 Å². The first-order valence-corrected chi connectivity index (χ1v) is 7.84. The zero-order chi connectivity index (χ0) is 17.2. The largest absolute Gasteiger partial charge is 0.474 e. The molecule has 0 bridgehead atoms. The molecule has 1 aliphatic heterocycles. The number of amides is 1. The van der Waals surface area contributed by atoms with Gasteiger partial charge < -0.3 is 14.4 Å². The van der Waals surface area contributed by atoms with Gasteiger partial charge in [-0.15, -0.1) is 0 Å². The number of rotatable bonds is 7. The highest BCUT2D eigenvalue weighted by molar-refractivity contribution is 5.51. The number of carbonyl (C=O) groups is 1. The van der Waals surface area contributed by atoms with Crippen LogP contribution in [0.3, 0.4) is 0 Å². The van der Waals surface area contributed by atoms with E-state index >= 15 is 0 Å². The van der Waals surface area contributed by atoms with E-state index in [1.807, 2.05) is 32.9 Å². The Kier molecular flexibility index (Phi) is 18.0. The van der Waals surface area contributed by atoms with Gasteiger partial charge in [-0.25, -0.2) is 0 Å². The molecule has 0 N–H and O–H groups in total. The molecule has 5 heteroatoms. The monoisotopic (exact) mass is 312 g/mol. The van der Waals surface area contributed by atoms with Crippen molar-refractivity contribution in [1.29, 1.82) is 0 Å². The quantitative estimate of drug-likeness (QED) is 0.536. The Morgan fingerprint density at radius 2 is 2.14 bits per heavy atom. The van der Waals surface area contributed by atoms with Crippen molar-refractivity contribution in [1.82, 2.24) is 4.90 Å². The van der Waals surface area contributed by atoms with Gasteiger partial charge in [0, 0.05) is 20.7 Å². The maximum absolute atomic E-state index is 9.66. The van der Waals surface area contributed by atoms with E-state index in [4.69, 9.17) is 9.47 Å². The Labute approximate surface area is 135 Å². The number of ether oxygens (including phenoxy) is 2. The molecule has 0 spiro atoms. The molecule has 22 heavy (non-hydrogen) atoms. The van der Waals surface area contributed by atoms with Gasteiger partial charge in [-0.3, -0.25) is 9.79 Å². The summed E-state index contributed by atoms with van der Waals surface area (Å²) in [6, 6.07) is 0. The summed E-state index contributed by atoms with van der Waals surface area (Å²) in [5, 5.41) is 0. The maximum atomic E-state index is 9.66. The van der Waals surface area contributed by atoms with E-state index in [1.165, 1.54) is 12.0 Å². The summed E-state index contributed by atoms with van der Waals surface area (Å²) in [4.78, 5) is 15.3. The summed E-state index contributed by atoms with van der Waals surface area (Å²) in [5.74, 6) is 0. The molecule has 0 fully saturated rings. The maximum Gasteiger partial charge on any atom is 0.209 e. The first kappa shape index (κ1) is 22.7. The first-order chi connectivity index (χ1) is 10.7. The molecule has 1 unspecified atom stereocenters. The molecule has 1 amide bonds. The Morgan fingerprint density at radius 3 is 2.50 bits per heavy atom. The molecule has 0 aromatic heterocycles. The second-order valence-corrected chi connectivity index (χ2v) is 4.24. The number of methoxy groups -OCH3 is 1. The van der Waals surface area contributed by atoms with Crippen LogP contribution in [0.5, 0.6) is 0 Å². The summed E-state index contributed by atoms with van der Waals surface area (Å²) in [5.41, 5.74) is 1.18. The fourth-order valence-corrected chi connectivity index (χ4v) is 1.38. The second-order valence-electron chi connectivity index (χ2n) is 4.24. The van der Waals surface area contributed by atoms with Crippen molar-refractivity contribution in [2.45, 2.75) is 40.2 Å². The van der Waals surface area contributed by atoms with Gasteiger partial charge in [-0.1, -0.05) is 39.0 Å². The van der Waals surface area contributed by atoms with Crippen LogP contribution in [0.4, 0.5) is 0 Å². The third-order valence-electron chi connectivity index (χ3n) is 2.63. The van der Waals surface area contributed by atoms with Gasteiger partial charge in [-0.2, -0.15) is 0 Å². The van der Waals surface area contributed by atoms with Gasteiger partial charge in [0.25, 0.3) is 0 Å². The lowest BCUT2D eigenvalue weighted by Crippen LogP contribution is -2.13. The van der Waals surface area contributed by atoms with E-state index in [9.17, 15) is 4.79 Å². The van der Waals surface area contributed by atoms with E-state index in [1.54, 1.807) is 19.1 Å². The fourth-order valence-electron chi connectivity index (χ4n) is 1.38. The van der Waals surface area contributed by atoms with Gasteiger partial charge in [-0.05, 0) is 18.9 Å². The summed E-state index contributed by atoms with van der Waals surface area (Å²) in [6.45, 7) is 10.2. The topological polar surface area (TPSA) is 51.1 Å². The minimum Gasteiger partial charge on any atom is -0.474 e. The number of aliphatic imine (C=N–C) groups is 1. The average Bonchev–Trinajstić information content (AvgIpc) is 3.10. The van der Waals surface area contributed by atoms with Gasteiger partial charge in [0.1, 0.15) is 6.10 Å². The highest BCUT2D eigenvalue weighted by Gasteiger charge is 2.15. The molecule has 0 aliphatic carbocycles. The van der Waals surface area contributed by atoms with Crippen molar-refractivity contribution >= 4 is 12.8 Å². The average molecular weight is 312 g/mol. The lowest BCUT2D eigenvalue weighted by molar-refractivity contribution is -0.116. The Bertz CT molecular complexity index is 331. The molecule has 5 nitrogen and oxygen atoms in total. The summed E-state index contributed by atoms with van der Waals surface area (Å²) >= 11 is 0. The van der Waals surface area contributed by atoms with Crippen LogP contribution in [-0.2, 0) is 14.3 Å². The molecule has 0 saturated carbocycles. The zero-order valence-corrected chi connectivity index (χ0v) is 14.9. The van der Waals surface area contributed by atoms with E-state index in [0.717, 1.165) is 25.9 Å². The Hall–Kier alpha value is -1.62. The Balaban J connectivity index is 0. The van der Waals surface area contributed by atoms with Crippen molar-refractivity contribution < 1.29 is 14.3 Å². The van der Waals surface area contributed by atoms with Crippen LogP contribution in [0.15, 0.2) is 28.8 Å². The molecule has 1 heterocycles. The highest BCUT2D eigenvalue weighted by Crippen LogP contribution is 2.13. The molecule has 0 radical (unpaired) electrons. The number of hydrogen-bond acceptors (Lipinski definition) is 4. The lowest BCUT2D eigenvalue weighted by Gasteiger charge is -2.09. The molecule has 0 aromatic carbocycles. The van der Waals surface area contributed by atoms with E-state index in [0.29, 0.717) is 6.61 Å². The molecule has 1 rings (SSSR count). The third kappa shape index (κ3) is 12.1. The van der Waals surface area contributed by atoms with Crippen molar-refractivity contribution in [2.75, 3.05) is 33.9 Å². The minimum atomic E-state index is 0.100. The molecule has 1 atom stereocenters. The molecule has 1 aliphatic rings. The van der Waals surface area contributed by atoms with Crippen LogP contribution in [0.1, 0.15) is 34.1 Å². The second kappa shape index (κ2) is 17.4. The van der Waals surface area contributed by atoms with Gasteiger partial charge in [0.15, 0.2) is 6.40 Å². The Morgan fingerprint density at radius 1 is 1.45 bits per heavy atom. The van der Waals surface area contributed by atoms with Crippen molar-refractivity contribution in [2.24, 2.45) is 4.99 Å². The van der Waals surface area contributed by atoms with E-state index in [-0.39, 0.29) is 6.10 Å². The number of carbonyl (C=O) groups excluding carboxylic acids is 1. The summed E-state index contributed by atoms with van der Waals surface area (Å²) in [6.07, 6.45) is 9.63. The number of allylic oxidation sites excluding steroid dienone is 1. The fraction of sp³-hybridized carbons (Fsp3) is 0.647.